The van der Waals surface area contributed by atoms with Crippen molar-refractivity contribution < 1.29 is 0 Å². The second kappa shape index (κ2) is 2.86. The standard InChI is InChI=1S/C8H11N3O/c1-6-7(2)11(5-4-9)8(12)10(6)3/h5H2,1-3H3. The van der Waals surface area contributed by atoms with Crippen LogP contribution < -0.4 is 5.69 Å². The predicted octanol–water partition coefficient (Wildman–Crippen LogP) is 0.327. The van der Waals surface area contributed by atoms with Crippen molar-refractivity contribution >= 4 is 0 Å². The molecule has 0 fully saturated rings. The van der Waals surface area contributed by atoms with Crippen molar-refractivity contribution in [3.05, 3.63) is 21.9 Å². The van der Waals surface area contributed by atoms with Gasteiger partial charge in [0.15, 0.2) is 0 Å². The molecule has 1 aromatic rings. The number of hydrogen-bond acceptors (Lipinski definition) is 2. The molecule has 0 aromatic carbocycles. The lowest BCUT2D eigenvalue weighted by molar-refractivity contribution is 0.721. The summed E-state index contributed by atoms with van der Waals surface area (Å²) in [7, 11) is 1.71. The van der Waals surface area contributed by atoms with Gasteiger partial charge in [-0.15, -0.1) is 0 Å². The summed E-state index contributed by atoms with van der Waals surface area (Å²) < 4.78 is 3.02. The molecule has 0 aliphatic rings. The normalized spacial score (nSPS) is 9.83. The van der Waals surface area contributed by atoms with Crippen molar-refractivity contribution in [1.82, 2.24) is 9.13 Å². The number of aromatic nitrogens is 2. The Hall–Kier alpha value is -1.50. The Labute approximate surface area is 70.7 Å². The van der Waals surface area contributed by atoms with E-state index in [-0.39, 0.29) is 12.2 Å². The molecule has 0 saturated heterocycles. The van der Waals surface area contributed by atoms with Crippen molar-refractivity contribution in [2.75, 3.05) is 0 Å². The van der Waals surface area contributed by atoms with Gasteiger partial charge >= 0.3 is 5.69 Å². The average molecular weight is 165 g/mol. The van der Waals surface area contributed by atoms with Gasteiger partial charge in [0.2, 0.25) is 0 Å². The van der Waals surface area contributed by atoms with Crippen molar-refractivity contribution in [3.63, 3.8) is 0 Å². The minimum Gasteiger partial charge on any atom is -0.299 e. The van der Waals surface area contributed by atoms with Gasteiger partial charge in [-0.25, -0.2) is 4.79 Å². The first-order valence-corrected chi connectivity index (χ1v) is 3.69. The predicted molar refractivity (Wildman–Crippen MR) is 44.8 cm³/mol. The highest BCUT2D eigenvalue weighted by molar-refractivity contribution is 5.11. The van der Waals surface area contributed by atoms with Gasteiger partial charge < -0.3 is 0 Å². The zero-order valence-corrected chi connectivity index (χ0v) is 7.46. The molecular weight excluding hydrogens is 154 g/mol. The number of nitriles is 1. The molecule has 0 aliphatic carbocycles. The molecule has 0 unspecified atom stereocenters. The molecule has 0 atom stereocenters. The van der Waals surface area contributed by atoms with E-state index >= 15 is 0 Å². The highest BCUT2D eigenvalue weighted by Crippen LogP contribution is 2.01. The third-order valence-electron chi connectivity index (χ3n) is 2.18. The SMILES string of the molecule is Cc1c(C)n(CC#N)c(=O)n1C. The van der Waals surface area contributed by atoms with Crippen LogP contribution in [0, 0.1) is 25.2 Å². The summed E-state index contributed by atoms with van der Waals surface area (Å²) in [5, 5.41) is 8.45. The second-order valence-corrected chi connectivity index (χ2v) is 2.76. The van der Waals surface area contributed by atoms with Crippen LogP contribution in [0.4, 0.5) is 0 Å². The van der Waals surface area contributed by atoms with E-state index in [1.54, 1.807) is 11.6 Å². The van der Waals surface area contributed by atoms with Gasteiger partial charge in [0.1, 0.15) is 6.54 Å². The largest absolute Gasteiger partial charge is 0.329 e. The summed E-state index contributed by atoms with van der Waals surface area (Å²) in [6.45, 7) is 3.84. The quantitative estimate of drug-likeness (QED) is 0.602. The summed E-state index contributed by atoms with van der Waals surface area (Å²) in [4.78, 5) is 11.4. The van der Waals surface area contributed by atoms with Crippen LogP contribution in [0.15, 0.2) is 4.79 Å². The summed E-state index contributed by atoms with van der Waals surface area (Å²) in [5.41, 5.74) is 1.66. The molecule has 0 N–H and O–H groups in total. The van der Waals surface area contributed by atoms with E-state index in [0.29, 0.717) is 0 Å². The monoisotopic (exact) mass is 165 g/mol. The molecule has 1 heterocycles. The summed E-state index contributed by atoms with van der Waals surface area (Å²) in [6, 6.07) is 1.96. The number of imidazole rings is 1. The van der Waals surface area contributed by atoms with Crippen molar-refractivity contribution in [2.45, 2.75) is 20.4 Å². The Morgan fingerprint density at radius 2 is 2.00 bits per heavy atom. The first kappa shape index (κ1) is 8.60. The Bertz CT molecular complexity index is 392. The lowest BCUT2D eigenvalue weighted by Crippen LogP contribution is -2.22. The lowest BCUT2D eigenvalue weighted by atomic mass is 10.4. The van der Waals surface area contributed by atoms with Gasteiger partial charge in [-0.3, -0.25) is 9.13 Å². The minimum atomic E-state index is -0.119. The fraction of sp³-hybridized carbons (Fsp3) is 0.500. The molecule has 64 valence electrons. The van der Waals surface area contributed by atoms with Crippen LogP contribution in [0.2, 0.25) is 0 Å². The molecule has 0 bridgehead atoms. The van der Waals surface area contributed by atoms with Gasteiger partial charge in [-0.2, -0.15) is 5.26 Å². The zero-order valence-electron chi connectivity index (χ0n) is 7.46. The average Bonchev–Trinajstić information content (AvgIpc) is 2.23. The van der Waals surface area contributed by atoms with E-state index in [4.69, 9.17) is 5.26 Å². The molecule has 1 rings (SSSR count). The molecule has 0 aliphatic heterocycles. The fourth-order valence-corrected chi connectivity index (χ4v) is 1.16. The van der Waals surface area contributed by atoms with Gasteiger partial charge in [-0.1, -0.05) is 0 Å². The minimum absolute atomic E-state index is 0.119. The molecule has 12 heavy (non-hydrogen) atoms. The summed E-state index contributed by atoms with van der Waals surface area (Å²) in [6.07, 6.45) is 0. The first-order valence-electron chi connectivity index (χ1n) is 3.69. The van der Waals surface area contributed by atoms with E-state index in [2.05, 4.69) is 0 Å². The van der Waals surface area contributed by atoms with Gasteiger partial charge in [0.25, 0.3) is 0 Å². The third-order valence-corrected chi connectivity index (χ3v) is 2.18. The Balaban J connectivity index is 3.41. The zero-order chi connectivity index (χ0) is 9.30. The highest BCUT2D eigenvalue weighted by atomic mass is 16.1. The van der Waals surface area contributed by atoms with E-state index < -0.39 is 0 Å². The van der Waals surface area contributed by atoms with Crippen LogP contribution in [0.5, 0.6) is 0 Å². The highest BCUT2D eigenvalue weighted by Gasteiger charge is 2.08. The van der Waals surface area contributed by atoms with Crippen molar-refractivity contribution in [1.29, 1.82) is 5.26 Å². The molecule has 1 aromatic heterocycles. The van der Waals surface area contributed by atoms with Crippen LogP contribution in [0.3, 0.4) is 0 Å². The van der Waals surface area contributed by atoms with Gasteiger partial charge in [0.05, 0.1) is 6.07 Å². The molecular formula is C8H11N3O. The third kappa shape index (κ3) is 1.03. The Morgan fingerprint density at radius 3 is 2.33 bits per heavy atom. The molecule has 4 heteroatoms. The van der Waals surface area contributed by atoms with E-state index in [9.17, 15) is 4.79 Å². The number of hydrogen-bond donors (Lipinski definition) is 0. The molecule has 0 saturated carbocycles. The van der Waals surface area contributed by atoms with Gasteiger partial charge in [-0.05, 0) is 13.8 Å². The van der Waals surface area contributed by atoms with Crippen LogP contribution in [-0.2, 0) is 13.6 Å². The Morgan fingerprint density at radius 1 is 1.42 bits per heavy atom. The molecule has 0 radical (unpaired) electrons. The summed E-state index contributed by atoms with van der Waals surface area (Å²) in [5.74, 6) is 0. The maximum atomic E-state index is 11.4. The Kier molecular flexibility index (Phi) is 2.05. The molecule has 4 nitrogen and oxygen atoms in total. The van der Waals surface area contributed by atoms with Crippen LogP contribution in [0.25, 0.3) is 0 Å². The fourth-order valence-electron chi connectivity index (χ4n) is 1.16. The number of rotatable bonds is 1. The topological polar surface area (TPSA) is 50.7 Å². The van der Waals surface area contributed by atoms with E-state index in [1.165, 1.54) is 4.57 Å². The second-order valence-electron chi connectivity index (χ2n) is 2.76. The number of nitrogens with zero attached hydrogens (tertiary/aromatic N) is 3. The lowest BCUT2D eigenvalue weighted by Gasteiger charge is -1.94. The first-order chi connectivity index (χ1) is 5.59. The van der Waals surface area contributed by atoms with Crippen LogP contribution in [0.1, 0.15) is 11.4 Å². The maximum absolute atomic E-state index is 11.4. The van der Waals surface area contributed by atoms with E-state index in [1.807, 2.05) is 19.9 Å². The van der Waals surface area contributed by atoms with Gasteiger partial charge in [0, 0.05) is 18.4 Å². The van der Waals surface area contributed by atoms with E-state index in [0.717, 1.165) is 11.4 Å². The maximum Gasteiger partial charge on any atom is 0.329 e. The van der Waals surface area contributed by atoms with Crippen LogP contribution >= 0.6 is 0 Å². The molecule has 0 amide bonds. The van der Waals surface area contributed by atoms with Crippen molar-refractivity contribution in [3.8, 4) is 6.07 Å². The van der Waals surface area contributed by atoms with Crippen LogP contribution in [-0.4, -0.2) is 9.13 Å². The smallest absolute Gasteiger partial charge is 0.299 e. The molecule has 0 spiro atoms. The summed E-state index contributed by atoms with van der Waals surface area (Å²) >= 11 is 0. The van der Waals surface area contributed by atoms with Crippen molar-refractivity contribution in [2.24, 2.45) is 7.05 Å².